The Hall–Kier alpha value is -1.34. The summed E-state index contributed by atoms with van der Waals surface area (Å²) >= 11 is 0. The van der Waals surface area contributed by atoms with Gasteiger partial charge in [-0.2, -0.15) is 0 Å². The van der Waals surface area contributed by atoms with E-state index in [1.165, 1.54) is 0 Å². The Morgan fingerprint density at radius 3 is 2.52 bits per heavy atom. The van der Waals surface area contributed by atoms with Gasteiger partial charge < -0.3 is 20.5 Å². The maximum atomic E-state index is 12.4. The molecule has 3 rings (SSSR count). The first-order valence-electron chi connectivity index (χ1n) is 10.2. The second kappa shape index (κ2) is 7.95. The Labute approximate surface area is 162 Å². The molecule has 7 heteroatoms. The number of nitrogens with zero attached hydrogens (tertiary/aromatic N) is 1. The number of amides is 2. The van der Waals surface area contributed by atoms with Crippen molar-refractivity contribution >= 4 is 12.0 Å². The van der Waals surface area contributed by atoms with Gasteiger partial charge in [-0.15, -0.1) is 0 Å². The number of hydrogen-bond acceptors (Lipinski definition) is 5. The fraction of sp³-hybridized carbons (Fsp3) is 0.900. The second-order valence-corrected chi connectivity index (χ2v) is 9.62. The lowest BCUT2D eigenvalue weighted by molar-refractivity contribution is -0.124. The highest BCUT2D eigenvalue weighted by Gasteiger charge is 2.54. The molecule has 4 atom stereocenters. The van der Waals surface area contributed by atoms with Crippen molar-refractivity contribution in [1.29, 1.82) is 0 Å². The molecule has 7 nitrogen and oxygen atoms in total. The number of nitrogens with two attached hydrogens (primary N) is 1. The molecule has 1 saturated heterocycles. The third-order valence-electron chi connectivity index (χ3n) is 6.67. The fourth-order valence-corrected chi connectivity index (χ4v) is 4.64. The van der Waals surface area contributed by atoms with Crippen molar-refractivity contribution in [3.05, 3.63) is 0 Å². The van der Waals surface area contributed by atoms with Crippen LogP contribution in [0, 0.1) is 23.2 Å². The minimum absolute atomic E-state index is 0.0543. The lowest BCUT2D eigenvalue weighted by Crippen LogP contribution is -2.48. The summed E-state index contributed by atoms with van der Waals surface area (Å²) in [5.74, 6) is 2.01. The van der Waals surface area contributed by atoms with Crippen molar-refractivity contribution in [3.8, 4) is 0 Å². The number of hydrogen-bond donors (Lipinski definition) is 2. The zero-order valence-electron chi connectivity index (χ0n) is 17.1. The number of alkyl carbamates (subject to hydrolysis) is 1. The number of primary amides is 1. The van der Waals surface area contributed by atoms with Gasteiger partial charge in [0.2, 0.25) is 5.91 Å². The average molecular weight is 382 g/mol. The predicted molar refractivity (Wildman–Crippen MR) is 102 cm³/mol. The highest BCUT2D eigenvalue weighted by Crippen LogP contribution is 2.57. The molecule has 2 aliphatic carbocycles. The first kappa shape index (κ1) is 20.4. The van der Waals surface area contributed by atoms with Gasteiger partial charge in [-0.1, -0.05) is 27.7 Å². The van der Waals surface area contributed by atoms with E-state index in [2.05, 4.69) is 33.0 Å². The van der Waals surface area contributed by atoms with Crippen LogP contribution in [0.4, 0.5) is 4.79 Å². The summed E-state index contributed by atoms with van der Waals surface area (Å²) in [6.07, 6.45) is 3.44. The summed E-state index contributed by atoms with van der Waals surface area (Å²) in [4.78, 5) is 25.8. The topological polar surface area (TPSA) is 93.9 Å². The zero-order chi connectivity index (χ0) is 19.8. The number of likely N-dealkylation sites (tertiary alicyclic amines) is 1. The Morgan fingerprint density at radius 2 is 1.93 bits per heavy atom. The number of carbonyl (C=O) groups is 2. The molecular weight excluding hydrogens is 346 g/mol. The molecule has 2 amide bonds. The fourth-order valence-electron chi connectivity index (χ4n) is 4.64. The minimum Gasteiger partial charge on any atom is -0.446 e. The minimum atomic E-state index is -0.353. The molecule has 27 heavy (non-hydrogen) atoms. The summed E-state index contributed by atoms with van der Waals surface area (Å²) in [6.45, 7) is 10.0. The Balaban J connectivity index is 1.43. The van der Waals surface area contributed by atoms with Crippen LogP contribution in [0.5, 0.6) is 0 Å². The monoisotopic (exact) mass is 381 g/mol. The molecule has 1 heterocycles. The zero-order valence-corrected chi connectivity index (χ0v) is 17.1. The summed E-state index contributed by atoms with van der Waals surface area (Å²) in [5, 5.41) is 2.99. The third-order valence-corrected chi connectivity index (χ3v) is 6.67. The summed E-state index contributed by atoms with van der Waals surface area (Å²) in [7, 11) is 0. The quantitative estimate of drug-likeness (QED) is 0.704. The Morgan fingerprint density at radius 1 is 1.26 bits per heavy atom. The van der Waals surface area contributed by atoms with E-state index in [0.29, 0.717) is 13.3 Å². The molecule has 154 valence electrons. The highest BCUT2D eigenvalue weighted by atomic mass is 16.6. The summed E-state index contributed by atoms with van der Waals surface area (Å²) in [5.41, 5.74) is 5.28. The van der Waals surface area contributed by atoms with E-state index in [1.807, 2.05) is 4.90 Å². The van der Waals surface area contributed by atoms with E-state index in [-0.39, 0.29) is 35.6 Å². The molecule has 1 aliphatic heterocycles. The molecule has 2 unspecified atom stereocenters. The number of ether oxygens (including phenoxy) is 2. The van der Waals surface area contributed by atoms with Gasteiger partial charge in [0, 0.05) is 6.54 Å². The van der Waals surface area contributed by atoms with Gasteiger partial charge in [0.15, 0.2) is 0 Å². The van der Waals surface area contributed by atoms with Crippen LogP contribution in [-0.4, -0.2) is 55.0 Å². The smallest absolute Gasteiger partial charge is 0.407 e. The van der Waals surface area contributed by atoms with Crippen LogP contribution in [-0.2, 0) is 14.3 Å². The van der Waals surface area contributed by atoms with Gasteiger partial charge in [-0.05, 0) is 48.9 Å². The predicted octanol–water partition coefficient (Wildman–Crippen LogP) is 2.10. The van der Waals surface area contributed by atoms with E-state index in [0.717, 1.165) is 50.0 Å². The van der Waals surface area contributed by atoms with Gasteiger partial charge in [-0.3, -0.25) is 9.69 Å². The molecule has 0 radical (unpaired) electrons. The molecule has 0 aromatic carbocycles. The molecule has 3 N–H and O–H groups in total. The number of fused-ring (bicyclic) bond motifs is 1. The van der Waals surface area contributed by atoms with E-state index in [4.69, 9.17) is 15.2 Å². The molecule has 0 bridgehead atoms. The van der Waals surface area contributed by atoms with E-state index in [9.17, 15) is 9.59 Å². The SMILES string of the molecule is CC1C2CC(OC(=O)N[C@H](COCN3CCC[C@H]3C(N)=O)C(C)(C)C)CC12. The van der Waals surface area contributed by atoms with Crippen LogP contribution in [0.15, 0.2) is 0 Å². The summed E-state index contributed by atoms with van der Waals surface area (Å²) in [6, 6.07) is -0.415. The number of carbonyl (C=O) groups excluding carboxylic acids is 2. The Bertz CT molecular complexity index is 550. The maximum absolute atomic E-state index is 12.4. The van der Waals surface area contributed by atoms with Crippen LogP contribution in [0.25, 0.3) is 0 Å². The van der Waals surface area contributed by atoms with Crippen molar-refractivity contribution in [3.63, 3.8) is 0 Å². The maximum Gasteiger partial charge on any atom is 0.407 e. The van der Waals surface area contributed by atoms with Gasteiger partial charge >= 0.3 is 6.09 Å². The van der Waals surface area contributed by atoms with Crippen molar-refractivity contribution in [2.45, 2.75) is 71.6 Å². The van der Waals surface area contributed by atoms with Crippen LogP contribution >= 0.6 is 0 Å². The van der Waals surface area contributed by atoms with Crippen LogP contribution in [0.1, 0.15) is 53.4 Å². The van der Waals surface area contributed by atoms with Crippen molar-refractivity contribution in [1.82, 2.24) is 10.2 Å². The number of nitrogens with one attached hydrogen (secondary N) is 1. The van der Waals surface area contributed by atoms with E-state index < -0.39 is 0 Å². The summed E-state index contributed by atoms with van der Waals surface area (Å²) < 4.78 is 11.5. The molecule has 0 aromatic heterocycles. The largest absolute Gasteiger partial charge is 0.446 e. The number of rotatable bonds is 7. The molecule has 2 saturated carbocycles. The van der Waals surface area contributed by atoms with Crippen LogP contribution in [0.2, 0.25) is 0 Å². The van der Waals surface area contributed by atoms with Crippen molar-refractivity contribution < 1.29 is 19.1 Å². The van der Waals surface area contributed by atoms with Crippen molar-refractivity contribution in [2.24, 2.45) is 28.9 Å². The van der Waals surface area contributed by atoms with Crippen LogP contribution < -0.4 is 11.1 Å². The molecule has 0 spiro atoms. The normalized spacial score (nSPS) is 34.1. The second-order valence-electron chi connectivity index (χ2n) is 9.62. The van der Waals surface area contributed by atoms with E-state index >= 15 is 0 Å². The molecule has 3 fully saturated rings. The van der Waals surface area contributed by atoms with Gasteiger partial charge in [0.1, 0.15) is 6.10 Å². The lowest BCUT2D eigenvalue weighted by atomic mass is 9.87. The van der Waals surface area contributed by atoms with Gasteiger partial charge in [0.25, 0.3) is 0 Å². The van der Waals surface area contributed by atoms with Gasteiger partial charge in [-0.25, -0.2) is 4.79 Å². The third kappa shape index (κ3) is 4.93. The Kier molecular flexibility index (Phi) is 6.01. The molecule has 0 aromatic rings. The lowest BCUT2D eigenvalue weighted by Gasteiger charge is -2.32. The van der Waals surface area contributed by atoms with Crippen molar-refractivity contribution in [2.75, 3.05) is 19.9 Å². The van der Waals surface area contributed by atoms with Crippen LogP contribution in [0.3, 0.4) is 0 Å². The molecular formula is C20H35N3O4. The highest BCUT2D eigenvalue weighted by molar-refractivity contribution is 5.80. The average Bonchev–Trinajstić information content (AvgIpc) is 2.99. The molecule has 3 aliphatic rings. The first-order valence-corrected chi connectivity index (χ1v) is 10.2. The first-order chi connectivity index (χ1) is 12.7. The van der Waals surface area contributed by atoms with E-state index in [1.54, 1.807) is 0 Å². The van der Waals surface area contributed by atoms with Gasteiger partial charge in [0.05, 0.1) is 25.4 Å². The standard InChI is InChI=1S/C20H35N3O4/c1-12-14-8-13(9-15(12)14)27-19(25)22-17(20(2,3)4)10-26-11-23-7-5-6-16(23)18(21)24/h12-17H,5-11H2,1-4H3,(H2,21,24)(H,22,25)/t12?,13?,14?,15?,16-,17+/m0/s1.